The zero-order valence-corrected chi connectivity index (χ0v) is 24.2. The van der Waals surface area contributed by atoms with Crippen molar-refractivity contribution in [1.82, 2.24) is 0 Å². The van der Waals surface area contributed by atoms with Gasteiger partial charge in [-0.1, -0.05) is 42.5 Å². The van der Waals surface area contributed by atoms with E-state index >= 15 is 0 Å². The minimum Gasteiger partial charge on any atom is -0.455 e. The Bertz CT molecular complexity index is 1470. The molecule has 0 aromatic heterocycles. The van der Waals surface area contributed by atoms with Gasteiger partial charge in [0.25, 0.3) is 5.60 Å². The van der Waals surface area contributed by atoms with Crippen LogP contribution in [0.4, 0.5) is 26.3 Å². The van der Waals surface area contributed by atoms with E-state index < -0.39 is 64.6 Å². The number of carbonyl (C=O) groups is 1. The van der Waals surface area contributed by atoms with Crippen LogP contribution in [0.25, 0.3) is 0 Å². The summed E-state index contributed by atoms with van der Waals surface area (Å²) in [7, 11) is -0.506. The number of rotatable bonds is 5. The van der Waals surface area contributed by atoms with E-state index in [1.54, 1.807) is 18.2 Å². The number of hydrogen-bond acceptors (Lipinski definition) is 4. The van der Waals surface area contributed by atoms with Gasteiger partial charge in [0.2, 0.25) is 0 Å². The summed E-state index contributed by atoms with van der Waals surface area (Å²) in [6.07, 6.45) is -10.0. The second-order valence-electron chi connectivity index (χ2n) is 12.3. The Labute approximate surface area is 253 Å². The Kier molecular flexibility index (Phi) is 6.91. The van der Waals surface area contributed by atoms with Crippen molar-refractivity contribution in [2.75, 3.05) is 6.61 Å². The lowest BCUT2D eigenvalue weighted by Gasteiger charge is -2.62. The van der Waals surface area contributed by atoms with E-state index in [1.807, 2.05) is 66.7 Å². The van der Waals surface area contributed by atoms with Gasteiger partial charge in [-0.05, 0) is 74.4 Å². The molecule has 3 aromatic carbocycles. The van der Waals surface area contributed by atoms with Crippen molar-refractivity contribution in [3.8, 4) is 0 Å². The molecule has 2 unspecified atom stereocenters. The zero-order valence-electron chi connectivity index (χ0n) is 23.4. The first kappa shape index (κ1) is 29.7. The molecule has 3 aromatic rings. The van der Waals surface area contributed by atoms with Crippen molar-refractivity contribution >= 4 is 16.9 Å². The molecule has 0 amide bonds. The van der Waals surface area contributed by atoms with Gasteiger partial charge in [0.1, 0.15) is 5.60 Å². The Morgan fingerprint density at radius 3 is 1.82 bits per heavy atom. The molecule has 8 rings (SSSR count). The Morgan fingerprint density at radius 1 is 0.750 bits per heavy atom. The fraction of sp³-hybridized carbons (Fsp3) is 0.424. The van der Waals surface area contributed by atoms with Crippen molar-refractivity contribution in [2.24, 2.45) is 17.8 Å². The largest absolute Gasteiger partial charge is 0.455 e. The van der Waals surface area contributed by atoms with Crippen LogP contribution in [0.15, 0.2) is 99.6 Å². The SMILES string of the molecule is O=C(OC12CC3CC(C1)C1(OCC(C(F)(F)F)(C(F)(F)F)O1)C(C3)C2)c1cccc([S+](c2ccccc2)c2ccccc2)c1. The highest BCUT2D eigenvalue weighted by Gasteiger charge is 2.81. The van der Waals surface area contributed by atoms with Gasteiger partial charge < -0.3 is 14.2 Å². The van der Waals surface area contributed by atoms with Crippen LogP contribution in [0, 0.1) is 17.8 Å². The van der Waals surface area contributed by atoms with Crippen molar-refractivity contribution in [3.63, 3.8) is 0 Å². The lowest BCUT2D eigenvalue weighted by atomic mass is 9.51. The van der Waals surface area contributed by atoms with E-state index in [-0.39, 0.29) is 18.8 Å². The first-order valence-electron chi connectivity index (χ1n) is 14.5. The third-order valence-electron chi connectivity index (χ3n) is 9.59. The molecule has 4 aliphatic carbocycles. The normalized spacial score (nSPS) is 30.7. The van der Waals surface area contributed by atoms with Crippen LogP contribution < -0.4 is 0 Å². The predicted molar refractivity (Wildman–Crippen MR) is 148 cm³/mol. The Balaban J connectivity index is 1.15. The average molecular weight is 636 g/mol. The van der Waals surface area contributed by atoms with Crippen LogP contribution >= 0.6 is 0 Å². The molecule has 0 radical (unpaired) electrons. The summed E-state index contributed by atoms with van der Waals surface area (Å²) in [6, 6.07) is 27.1. The third kappa shape index (κ3) is 4.65. The molecule has 11 heteroatoms. The van der Waals surface area contributed by atoms with E-state index in [2.05, 4.69) is 0 Å². The fourth-order valence-electron chi connectivity index (χ4n) is 7.90. The van der Waals surface area contributed by atoms with Crippen molar-refractivity contribution in [2.45, 2.75) is 76.1 Å². The second-order valence-corrected chi connectivity index (χ2v) is 14.3. The van der Waals surface area contributed by atoms with Gasteiger partial charge in [-0.2, -0.15) is 26.3 Å². The van der Waals surface area contributed by atoms with Crippen molar-refractivity contribution < 1.29 is 45.3 Å². The average Bonchev–Trinajstić information content (AvgIpc) is 3.41. The van der Waals surface area contributed by atoms with Crippen molar-refractivity contribution in [1.29, 1.82) is 0 Å². The summed E-state index contributed by atoms with van der Waals surface area (Å²) in [5.74, 6) is -4.13. The standard InChI is InChI=1S/C33H29F6O4S/c34-32(35,36)30(33(37,38)39)20-41-31(43-30)23-14-21-15-24(31)19-29(17-21,18-23)42-28(40)22-8-7-13-27(16-22)44(25-9-3-1-4-10-25)26-11-5-2-6-12-26/h1-13,16,21,23-24H,14-15,17-20H2/q+1. The molecule has 1 saturated heterocycles. The summed E-state index contributed by atoms with van der Waals surface area (Å²) in [4.78, 5) is 16.7. The molecule has 232 valence electrons. The predicted octanol–water partition coefficient (Wildman–Crippen LogP) is 8.12. The molecule has 4 nitrogen and oxygen atoms in total. The molecule has 1 heterocycles. The minimum atomic E-state index is -5.70. The Morgan fingerprint density at radius 2 is 1.30 bits per heavy atom. The van der Waals surface area contributed by atoms with E-state index in [1.165, 1.54) is 0 Å². The van der Waals surface area contributed by atoms with Gasteiger partial charge >= 0.3 is 18.3 Å². The van der Waals surface area contributed by atoms with Gasteiger partial charge in [0.05, 0.1) is 23.1 Å². The highest BCUT2D eigenvalue weighted by atomic mass is 32.2. The monoisotopic (exact) mass is 635 g/mol. The summed E-state index contributed by atoms with van der Waals surface area (Å²) in [5.41, 5.74) is -5.06. The van der Waals surface area contributed by atoms with Crippen LogP contribution in [-0.2, 0) is 25.1 Å². The van der Waals surface area contributed by atoms with Gasteiger partial charge in [-0.3, -0.25) is 0 Å². The summed E-state index contributed by atoms with van der Waals surface area (Å²) >= 11 is 0. The maximum Gasteiger partial charge on any atom is 0.428 e. The van der Waals surface area contributed by atoms with Crippen LogP contribution in [-0.4, -0.2) is 41.9 Å². The smallest absolute Gasteiger partial charge is 0.428 e. The number of esters is 1. The van der Waals surface area contributed by atoms with Crippen LogP contribution in [0.3, 0.4) is 0 Å². The zero-order chi connectivity index (χ0) is 31.0. The fourth-order valence-corrected chi connectivity index (χ4v) is 10.0. The highest BCUT2D eigenvalue weighted by Crippen LogP contribution is 2.67. The van der Waals surface area contributed by atoms with Crippen LogP contribution in [0.1, 0.15) is 42.5 Å². The van der Waals surface area contributed by atoms with Gasteiger partial charge in [-0.15, -0.1) is 0 Å². The molecule has 1 spiro atoms. The lowest BCUT2D eigenvalue weighted by molar-refractivity contribution is -0.405. The quantitative estimate of drug-likeness (QED) is 0.161. The first-order valence-corrected chi connectivity index (χ1v) is 15.7. The molecule has 2 atom stereocenters. The minimum absolute atomic E-state index is 0.0155. The third-order valence-corrected chi connectivity index (χ3v) is 11.8. The molecular formula is C33H29F6O4S+. The van der Waals surface area contributed by atoms with Crippen LogP contribution in [0.5, 0.6) is 0 Å². The summed E-state index contributed by atoms with van der Waals surface area (Å²) in [5, 5.41) is 0. The topological polar surface area (TPSA) is 44.8 Å². The molecular weight excluding hydrogens is 606 g/mol. The molecule has 4 saturated carbocycles. The molecule has 5 fully saturated rings. The van der Waals surface area contributed by atoms with Crippen LogP contribution in [0.2, 0.25) is 0 Å². The number of carbonyl (C=O) groups excluding carboxylic acids is 1. The number of hydrogen-bond donors (Lipinski definition) is 0. The maximum atomic E-state index is 13.9. The maximum absolute atomic E-state index is 13.9. The molecule has 1 aliphatic heterocycles. The molecule has 0 N–H and O–H groups in total. The molecule has 5 aliphatic rings. The second kappa shape index (κ2) is 10.3. The summed E-state index contributed by atoms with van der Waals surface area (Å²) < 4.78 is 99.9. The Hall–Kier alpha value is -3.02. The number of benzene rings is 3. The number of halogens is 6. The number of alkyl halides is 6. The van der Waals surface area contributed by atoms with Gasteiger partial charge in [-0.25, -0.2) is 4.79 Å². The highest BCUT2D eigenvalue weighted by molar-refractivity contribution is 7.97. The molecule has 44 heavy (non-hydrogen) atoms. The summed E-state index contributed by atoms with van der Waals surface area (Å²) in [6.45, 7) is -1.64. The van der Waals surface area contributed by atoms with Gasteiger partial charge in [0, 0.05) is 17.9 Å². The number of ether oxygens (including phenoxy) is 3. The van der Waals surface area contributed by atoms with E-state index in [4.69, 9.17) is 14.2 Å². The van der Waals surface area contributed by atoms with Crippen molar-refractivity contribution in [3.05, 3.63) is 90.5 Å². The van der Waals surface area contributed by atoms with E-state index in [9.17, 15) is 31.1 Å². The molecule has 4 bridgehead atoms. The van der Waals surface area contributed by atoms with E-state index in [0.29, 0.717) is 24.8 Å². The van der Waals surface area contributed by atoms with E-state index in [0.717, 1.165) is 14.7 Å². The lowest BCUT2D eigenvalue weighted by Crippen LogP contribution is -2.67. The first-order chi connectivity index (χ1) is 20.8. The van der Waals surface area contributed by atoms with Gasteiger partial charge in [0.15, 0.2) is 20.5 Å².